The van der Waals surface area contributed by atoms with E-state index in [1.165, 1.54) is 10.4 Å². The monoisotopic (exact) mass is 628 g/mol. The van der Waals surface area contributed by atoms with Crippen molar-refractivity contribution in [3.05, 3.63) is 53.8 Å². The van der Waals surface area contributed by atoms with Gasteiger partial charge < -0.3 is 15.4 Å². The Morgan fingerprint density at radius 1 is 1.02 bits per heavy atom. The van der Waals surface area contributed by atoms with Gasteiger partial charge in [-0.05, 0) is 107 Å². The number of carbonyl (C=O) groups excluding carboxylic acids is 2. The maximum atomic E-state index is 15.4. The predicted octanol–water partition coefficient (Wildman–Crippen LogP) is 4.29. The summed E-state index contributed by atoms with van der Waals surface area (Å²) in [5, 5.41) is 0. The van der Waals surface area contributed by atoms with Crippen LogP contribution in [0.3, 0.4) is 0 Å². The van der Waals surface area contributed by atoms with Crippen LogP contribution in [0.4, 0.5) is 9.18 Å². The molecular formula is C33H45FN4O5S. The van der Waals surface area contributed by atoms with E-state index >= 15 is 4.39 Å². The zero-order chi connectivity index (χ0) is 31.8. The van der Waals surface area contributed by atoms with Crippen LogP contribution in [0.2, 0.25) is 0 Å². The Morgan fingerprint density at radius 2 is 1.68 bits per heavy atom. The van der Waals surface area contributed by atoms with Gasteiger partial charge in [0.15, 0.2) is 5.78 Å². The molecule has 0 spiro atoms. The van der Waals surface area contributed by atoms with Crippen LogP contribution in [0, 0.1) is 17.7 Å². The molecule has 2 saturated heterocycles. The molecule has 1 amide bonds. The Bertz CT molecular complexity index is 1470. The highest BCUT2D eigenvalue weighted by Gasteiger charge is 2.52. The molecule has 2 bridgehead atoms. The Morgan fingerprint density at radius 3 is 2.30 bits per heavy atom. The highest BCUT2D eigenvalue weighted by atomic mass is 32.2. The Kier molecular flexibility index (Phi) is 9.51. The Labute approximate surface area is 260 Å². The number of likely N-dealkylation sites (tertiary alicyclic amines) is 1. The van der Waals surface area contributed by atoms with Crippen LogP contribution in [-0.4, -0.2) is 91.9 Å². The van der Waals surface area contributed by atoms with Crippen molar-refractivity contribution in [3.8, 4) is 11.1 Å². The van der Waals surface area contributed by atoms with Gasteiger partial charge in [0.05, 0.1) is 10.9 Å². The van der Waals surface area contributed by atoms with Crippen LogP contribution < -0.4 is 5.73 Å². The molecule has 3 aliphatic rings. The number of sulfonamides is 1. The molecule has 2 aliphatic heterocycles. The zero-order valence-corrected chi connectivity index (χ0v) is 27.0. The van der Waals surface area contributed by atoms with Crippen LogP contribution in [0.1, 0.15) is 52.0 Å². The van der Waals surface area contributed by atoms with Gasteiger partial charge in [-0.1, -0.05) is 24.3 Å². The molecule has 2 heterocycles. The van der Waals surface area contributed by atoms with E-state index in [1.54, 1.807) is 41.3 Å². The number of nitrogens with two attached hydrogens (primary N) is 1. The number of piperidine rings is 1. The molecule has 5 rings (SSSR count). The van der Waals surface area contributed by atoms with Crippen LogP contribution in [0.15, 0.2) is 47.4 Å². The van der Waals surface area contributed by atoms with E-state index in [0.29, 0.717) is 49.3 Å². The van der Waals surface area contributed by atoms with E-state index in [0.717, 1.165) is 19.3 Å². The number of amides is 1. The summed E-state index contributed by atoms with van der Waals surface area (Å²) < 4.78 is 48.6. The average Bonchev–Trinajstić information content (AvgIpc) is 3.59. The van der Waals surface area contributed by atoms with E-state index in [1.807, 2.05) is 27.8 Å². The lowest BCUT2D eigenvalue weighted by molar-refractivity contribution is -0.126. The fourth-order valence-corrected chi connectivity index (χ4v) is 8.25. The van der Waals surface area contributed by atoms with Gasteiger partial charge in [0.2, 0.25) is 10.0 Å². The molecule has 1 saturated carbocycles. The quantitative estimate of drug-likeness (QED) is 0.441. The molecule has 3 fully saturated rings. The van der Waals surface area contributed by atoms with E-state index in [2.05, 4.69) is 4.90 Å². The highest BCUT2D eigenvalue weighted by Crippen LogP contribution is 2.44. The molecule has 2 aromatic rings. The van der Waals surface area contributed by atoms with Gasteiger partial charge in [0.1, 0.15) is 11.4 Å². The number of carbonyl (C=O) groups is 2. The number of rotatable bonds is 9. The third kappa shape index (κ3) is 7.01. The second kappa shape index (κ2) is 12.9. The van der Waals surface area contributed by atoms with Crippen molar-refractivity contribution in [1.82, 2.24) is 14.1 Å². The number of hydrogen-bond donors (Lipinski definition) is 1. The van der Waals surface area contributed by atoms with E-state index in [4.69, 9.17) is 10.5 Å². The van der Waals surface area contributed by atoms with E-state index in [-0.39, 0.29) is 41.5 Å². The summed E-state index contributed by atoms with van der Waals surface area (Å²) in [6.45, 7) is 7.94. The number of fused-ring (bicyclic) bond motifs is 2. The third-order valence-electron chi connectivity index (χ3n) is 9.19. The number of ketones is 1. The molecule has 2 aromatic carbocycles. The van der Waals surface area contributed by atoms with Crippen molar-refractivity contribution in [3.63, 3.8) is 0 Å². The van der Waals surface area contributed by atoms with Gasteiger partial charge in [-0.15, -0.1) is 0 Å². The van der Waals surface area contributed by atoms with Gasteiger partial charge in [0.25, 0.3) is 0 Å². The Hall–Kier alpha value is -2.86. The minimum absolute atomic E-state index is 0.0195. The van der Waals surface area contributed by atoms with Gasteiger partial charge in [0, 0.05) is 38.6 Å². The summed E-state index contributed by atoms with van der Waals surface area (Å²) in [6, 6.07) is 11.0. The largest absolute Gasteiger partial charge is 0.444 e. The van der Waals surface area contributed by atoms with Crippen molar-refractivity contribution in [2.45, 2.75) is 75.5 Å². The highest BCUT2D eigenvalue weighted by molar-refractivity contribution is 7.89. The molecule has 0 unspecified atom stereocenters. The number of ether oxygens (including phenoxy) is 1. The number of hydrogen-bond acceptors (Lipinski definition) is 7. The number of nitrogens with zero attached hydrogens (tertiary/aromatic N) is 3. The van der Waals surface area contributed by atoms with Crippen molar-refractivity contribution < 1.29 is 27.1 Å². The molecule has 1 aliphatic carbocycles. The first kappa shape index (κ1) is 32.5. The number of Topliss-reactive ketones (excluding diaryl/α,β-unsaturated/α-hetero) is 1. The lowest BCUT2D eigenvalue weighted by Gasteiger charge is -2.36. The van der Waals surface area contributed by atoms with Crippen LogP contribution in [-0.2, 0) is 26.0 Å². The molecule has 9 nitrogen and oxygen atoms in total. The number of benzene rings is 2. The predicted molar refractivity (Wildman–Crippen MR) is 167 cm³/mol. The number of halogens is 1. The average molecular weight is 629 g/mol. The lowest BCUT2D eigenvalue weighted by Crippen LogP contribution is -2.51. The van der Waals surface area contributed by atoms with Crippen LogP contribution in [0.5, 0.6) is 0 Å². The summed E-state index contributed by atoms with van der Waals surface area (Å²) in [4.78, 5) is 30.5. The zero-order valence-electron chi connectivity index (χ0n) is 26.2. The van der Waals surface area contributed by atoms with Crippen molar-refractivity contribution >= 4 is 21.9 Å². The summed E-state index contributed by atoms with van der Waals surface area (Å²) >= 11 is 0. The minimum atomic E-state index is -3.59. The fraction of sp³-hybridized carbons (Fsp3) is 0.576. The topological polar surface area (TPSA) is 113 Å². The first-order valence-electron chi connectivity index (χ1n) is 15.6. The maximum Gasteiger partial charge on any atom is 0.411 e. The first-order valence-corrected chi connectivity index (χ1v) is 17.0. The van der Waals surface area contributed by atoms with Crippen LogP contribution >= 0.6 is 0 Å². The summed E-state index contributed by atoms with van der Waals surface area (Å²) in [5.74, 6) is -0.598. The lowest BCUT2D eigenvalue weighted by atomic mass is 9.87. The number of piperazine rings is 1. The summed E-state index contributed by atoms with van der Waals surface area (Å²) in [7, 11) is -1.61. The fourth-order valence-electron chi connectivity index (χ4n) is 6.82. The summed E-state index contributed by atoms with van der Waals surface area (Å²) in [5.41, 5.74) is 7.21. The van der Waals surface area contributed by atoms with Gasteiger partial charge in [-0.2, -0.15) is 4.31 Å². The number of likely N-dealkylation sites (N-methyl/N-ethyl adjacent to an activating group) is 1. The van der Waals surface area contributed by atoms with E-state index in [9.17, 15) is 18.0 Å². The van der Waals surface area contributed by atoms with Crippen molar-refractivity contribution in [2.75, 3.05) is 39.8 Å². The molecular weight excluding hydrogens is 583 g/mol. The molecule has 11 heteroatoms. The maximum absolute atomic E-state index is 15.4. The van der Waals surface area contributed by atoms with E-state index < -0.39 is 33.6 Å². The molecule has 0 aromatic heterocycles. The van der Waals surface area contributed by atoms with Gasteiger partial charge in [-0.25, -0.2) is 17.6 Å². The smallest absolute Gasteiger partial charge is 0.411 e. The summed E-state index contributed by atoms with van der Waals surface area (Å²) in [6.07, 6.45) is 2.60. The second-order valence-corrected chi connectivity index (χ2v) is 15.5. The standard InChI is InChI=1S/C33H45FN4O5S/c1-33(2,3)43-32(40)38-27-10-7-26(19-27)31(38)30(39)18-22(21-35)17-25-6-5-24(20-29(25)34)23-8-11-28(12-9-23)44(41,42)37-15-13-36(4)14-16-37/h5-6,8-9,11-12,20,22,26-27,31H,7,10,13-19,21,35H2,1-4H3/t22-,26+,27-,31+/m1/s1. The molecule has 2 N–H and O–H groups in total. The molecule has 0 radical (unpaired) electrons. The molecule has 240 valence electrons. The van der Waals surface area contributed by atoms with Crippen LogP contribution in [0.25, 0.3) is 11.1 Å². The van der Waals surface area contributed by atoms with Gasteiger partial charge >= 0.3 is 6.09 Å². The molecule has 44 heavy (non-hydrogen) atoms. The first-order chi connectivity index (χ1) is 20.8. The van der Waals surface area contributed by atoms with Crippen molar-refractivity contribution in [1.29, 1.82) is 0 Å². The normalized spacial score (nSPS) is 23.6. The third-order valence-corrected chi connectivity index (χ3v) is 11.1. The SMILES string of the molecule is CN1CCN(S(=O)(=O)c2ccc(-c3ccc(C[C@@H](CN)CC(=O)[C@@H]4[C@H]5CC[C@H](C5)N4C(=O)OC(C)(C)C)c(F)c3)cc2)CC1. The second-order valence-electron chi connectivity index (χ2n) is 13.6. The Balaban J connectivity index is 1.24. The van der Waals surface area contributed by atoms with Gasteiger partial charge in [-0.3, -0.25) is 9.69 Å². The molecule has 4 atom stereocenters. The minimum Gasteiger partial charge on any atom is -0.444 e. The van der Waals surface area contributed by atoms with Crippen molar-refractivity contribution in [2.24, 2.45) is 17.6 Å².